The zero-order valence-corrected chi connectivity index (χ0v) is 8.49. The largest absolute Gasteiger partial charge is 0.394 e. The number of hydrogen-bond donors (Lipinski definition) is 1. The lowest BCUT2D eigenvalue weighted by atomic mass is 10.3. The van der Waals surface area contributed by atoms with Crippen molar-refractivity contribution in [3.05, 3.63) is 0 Å². The quantitative estimate of drug-likeness (QED) is 0.538. The molecule has 0 fully saturated rings. The van der Waals surface area contributed by atoms with Gasteiger partial charge in [-0.05, 0) is 6.42 Å². The van der Waals surface area contributed by atoms with Crippen molar-refractivity contribution in [3.63, 3.8) is 0 Å². The topological polar surface area (TPSA) is 47.9 Å². The molecule has 0 spiro atoms. The van der Waals surface area contributed by atoms with E-state index in [1.807, 2.05) is 6.92 Å². The number of hydrogen-bond acceptors (Lipinski definition) is 4. The second-order valence-corrected chi connectivity index (χ2v) is 2.69. The van der Waals surface area contributed by atoms with Gasteiger partial charge in [0.25, 0.3) is 0 Å². The summed E-state index contributed by atoms with van der Waals surface area (Å²) in [5.41, 5.74) is 0. The maximum Gasteiger partial charge on any atom is 0.0804 e. The van der Waals surface area contributed by atoms with Crippen LogP contribution in [0.1, 0.15) is 13.3 Å². The third kappa shape index (κ3) is 8.18. The van der Waals surface area contributed by atoms with Crippen LogP contribution in [-0.2, 0) is 14.2 Å². The molecule has 0 aliphatic rings. The Hall–Kier alpha value is -0.160. The second kappa shape index (κ2) is 9.92. The molecule has 0 saturated heterocycles. The minimum Gasteiger partial charge on any atom is -0.394 e. The average Bonchev–Trinajstić information content (AvgIpc) is 2.17. The fourth-order valence-corrected chi connectivity index (χ4v) is 0.818. The molecule has 0 aromatic carbocycles. The van der Waals surface area contributed by atoms with Gasteiger partial charge in [-0.25, -0.2) is 0 Å². The fraction of sp³-hybridized carbons (Fsp3) is 1.00. The molecule has 0 rings (SSSR count). The van der Waals surface area contributed by atoms with Gasteiger partial charge in [-0.1, -0.05) is 6.92 Å². The Bertz CT molecular complexity index is 93.6. The van der Waals surface area contributed by atoms with Gasteiger partial charge in [0, 0.05) is 7.11 Å². The van der Waals surface area contributed by atoms with Crippen LogP contribution >= 0.6 is 0 Å². The molecule has 1 N–H and O–H groups in total. The lowest BCUT2D eigenvalue weighted by molar-refractivity contribution is -0.0267. The summed E-state index contributed by atoms with van der Waals surface area (Å²) in [7, 11) is 1.64. The van der Waals surface area contributed by atoms with Crippen LogP contribution in [0.4, 0.5) is 0 Å². The van der Waals surface area contributed by atoms with Gasteiger partial charge in [-0.15, -0.1) is 0 Å². The molecule has 0 radical (unpaired) electrons. The monoisotopic (exact) mass is 192 g/mol. The van der Waals surface area contributed by atoms with E-state index in [4.69, 9.17) is 19.3 Å². The first-order valence-electron chi connectivity index (χ1n) is 4.64. The van der Waals surface area contributed by atoms with Crippen molar-refractivity contribution < 1.29 is 19.3 Å². The van der Waals surface area contributed by atoms with Crippen LogP contribution in [0, 0.1) is 0 Å². The molecule has 0 aromatic rings. The molecule has 80 valence electrons. The van der Waals surface area contributed by atoms with Crippen molar-refractivity contribution in [1.82, 2.24) is 0 Å². The van der Waals surface area contributed by atoms with Gasteiger partial charge in [0.2, 0.25) is 0 Å². The maximum atomic E-state index is 8.78. The molecule has 13 heavy (non-hydrogen) atoms. The molecule has 0 saturated carbocycles. The van der Waals surface area contributed by atoms with E-state index in [0.717, 1.165) is 6.42 Å². The summed E-state index contributed by atoms with van der Waals surface area (Å²) in [5.74, 6) is 0. The van der Waals surface area contributed by atoms with Crippen LogP contribution in [0.5, 0.6) is 0 Å². The Balaban J connectivity index is 3.05. The Kier molecular flexibility index (Phi) is 9.80. The predicted octanol–water partition coefficient (Wildman–Crippen LogP) is 0.437. The summed E-state index contributed by atoms with van der Waals surface area (Å²) in [6, 6.07) is 0. The van der Waals surface area contributed by atoms with Crippen LogP contribution in [0.15, 0.2) is 0 Å². The summed E-state index contributed by atoms with van der Waals surface area (Å²) in [6.45, 7) is 4.34. The van der Waals surface area contributed by atoms with Crippen LogP contribution in [0.25, 0.3) is 0 Å². The van der Waals surface area contributed by atoms with Gasteiger partial charge in [0.05, 0.1) is 39.1 Å². The highest BCUT2D eigenvalue weighted by Crippen LogP contribution is 1.95. The normalized spacial score (nSPS) is 13.2. The molecule has 4 nitrogen and oxygen atoms in total. The Labute approximate surface area is 79.8 Å². The van der Waals surface area contributed by atoms with Gasteiger partial charge in [-0.2, -0.15) is 0 Å². The number of aliphatic hydroxyl groups excluding tert-OH is 1. The Morgan fingerprint density at radius 3 is 2.38 bits per heavy atom. The van der Waals surface area contributed by atoms with Crippen LogP contribution < -0.4 is 0 Å². The van der Waals surface area contributed by atoms with E-state index in [9.17, 15) is 0 Å². The van der Waals surface area contributed by atoms with Crippen molar-refractivity contribution >= 4 is 0 Å². The van der Waals surface area contributed by atoms with E-state index < -0.39 is 0 Å². The van der Waals surface area contributed by atoms with E-state index in [2.05, 4.69) is 0 Å². The fourth-order valence-electron chi connectivity index (χ4n) is 0.818. The number of ether oxygens (including phenoxy) is 3. The molecule has 0 heterocycles. The lowest BCUT2D eigenvalue weighted by Crippen LogP contribution is -2.19. The van der Waals surface area contributed by atoms with Crippen molar-refractivity contribution in [2.45, 2.75) is 19.4 Å². The zero-order valence-electron chi connectivity index (χ0n) is 8.49. The first-order valence-corrected chi connectivity index (χ1v) is 4.64. The maximum absolute atomic E-state index is 8.78. The van der Waals surface area contributed by atoms with Crippen molar-refractivity contribution in [1.29, 1.82) is 0 Å². The van der Waals surface area contributed by atoms with Gasteiger partial charge in [0.15, 0.2) is 0 Å². The van der Waals surface area contributed by atoms with E-state index >= 15 is 0 Å². The molecule has 4 heteroatoms. The minimum absolute atomic E-state index is 0.0500. The molecule has 0 aliphatic heterocycles. The van der Waals surface area contributed by atoms with E-state index in [1.165, 1.54) is 0 Å². The van der Waals surface area contributed by atoms with E-state index in [1.54, 1.807) is 7.11 Å². The van der Waals surface area contributed by atoms with Crippen molar-refractivity contribution in [3.8, 4) is 0 Å². The first-order chi connectivity index (χ1) is 6.35. The van der Waals surface area contributed by atoms with E-state index in [-0.39, 0.29) is 12.7 Å². The number of methoxy groups -OCH3 is 1. The summed E-state index contributed by atoms with van der Waals surface area (Å²) in [6.07, 6.45) is 0.778. The second-order valence-electron chi connectivity index (χ2n) is 2.69. The third-order valence-electron chi connectivity index (χ3n) is 1.67. The number of aliphatic hydroxyl groups is 1. The predicted molar refractivity (Wildman–Crippen MR) is 49.8 cm³/mol. The molecule has 0 unspecified atom stereocenters. The van der Waals surface area contributed by atoms with Crippen molar-refractivity contribution in [2.75, 3.05) is 40.1 Å². The smallest absolute Gasteiger partial charge is 0.0804 e. The molecule has 0 aliphatic carbocycles. The highest BCUT2D eigenvalue weighted by Gasteiger charge is 2.02. The van der Waals surface area contributed by atoms with Gasteiger partial charge in [-0.3, -0.25) is 0 Å². The Morgan fingerprint density at radius 1 is 1.15 bits per heavy atom. The summed E-state index contributed by atoms with van der Waals surface area (Å²) in [5, 5.41) is 8.78. The lowest BCUT2D eigenvalue weighted by Gasteiger charge is -2.12. The molecule has 0 amide bonds. The molecular weight excluding hydrogens is 172 g/mol. The standard InChI is InChI=1S/C9H20O4/c1-3-9(8-10)13-7-6-12-5-4-11-2/h9-10H,3-8H2,1-2H3/t9-/m0/s1. The van der Waals surface area contributed by atoms with Crippen LogP contribution in [0.3, 0.4) is 0 Å². The Morgan fingerprint density at radius 2 is 1.85 bits per heavy atom. The van der Waals surface area contributed by atoms with Crippen LogP contribution in [0.2, 0.25) is 0 Å². The molecular formula is C9H20O4. The van der Waals surface area contributed by atoms with Crippen molar-refractivity contribution in [2.24, 2.45) is 0 Å². The SMILES string of the molecule is CC[C@@H](CO)OCCOCCOC. The molecule has 0 bridgehead atoms. The molecule has 1 atom stereocenters. The summed E-state index contributed by atoms with van der Waals surface area (Å²) in [4.78, 5) is 0. The summed E-state index contributed by atoms with van der Waals surface area (Å²) >= 11 is 0. The van der Waals surface area contributed by atoms with Gasteiger partial charge >= 0.3 is 0 Å². The van der Waals surface area contributed by atoms with Gasteiger partial charge in [0.1, 0.15) is 0 Å². The number of rotatable bonds is 9. The average molecular weight is 192 g/mol. The zero-order chi connectivity index (χ0) is 9.94. The highest BCUT2D eigenvalue weighted by molar-refractivity contribution is 4.50. The first kappa shape index (κ1) is 12.8. The highest BCUT2D eigenvalue weighted by atomic mass is 16.5. The van der Waals surface area contributed by atoms with Gasteiger partial charge < -0.3 is 19.3 Å². The third-order valence-corrected chi connectivity index (χ3v) is 1.67. The van der Waals surface area contributed by atoms with E-state index in [0.29, 0.717) is 26.4 Å². The molecule has 0 aromatic heterocycles. The summed E-state index contributed by atoms with van der Waals surface area (Å²) < 4.78 is 15.3. The van der Waals surface area contributed by atoms with Crippen LogP contribution in [-0.4, -0.2) is 51.4 Å². The minimum atomic E-state index is -0.0500.